The standard InChI is InChI=1S/C14H18F3NO4/c1-20-7-4-8-22-11-6-3-5-10(12(11)21-2)13(19)18-9-14(15,16)17/h3,5-6H,4,7-9H2,1-2H3,(H,18,19). The molecule has 1 rings (SSSR count). The fourth-order valence-electron chi connectivity index (χ4n) is 1.68. The van der Waals surface area contributed by atoms with E-state index in [0.29, 0.717) is 25.4 Å². The quantitative estimate of drug-likeness (QED) is 0.747. The average Bonchev–Trinajstić information content (AvgIpc) is 2.48. The van der Waals surface area contributed by atoms with Gasteiger partial charge in [-0.15, -0.1) is 0 Å². The molecule has 22 heavy (non-hydrogen) atoms. The number of halogens is 3. The van der Waals surface area contributed by atoms with Crippen LogP contribution in [0.1, 0.15) is 16.8 Å². The van der Waals surface area contributed by atoms with E-state index in [0.717, 1.165) is 0 Å². The molecule has 1 N–H and O–H groups in total. The van der Waals surface area contributed by atoms with Gasteiger partial charge in [0.15, 0.2) is 11.5 Å². The van der Waals surface area contributed by atoms with Crippen molar-refractivity contribution in [3.05, 3.63) is 23.8 Å². The first-order valence-electron chi connectivity index (χ1n) is 6.52. The molecule has 0 heterocycles. The fraction of sp³-hybridized carbons (Fsp3) is 0.500. The first kappa shape index (κ1) is 18.1. The highest BCUT2D eigenvalue weighted by atomic mass is 19.4. The Morgan fingerprint density at radius 3 is 2.55 bits per heavy atom. The largest absolute Gasteiger partial charge is 0.492 e. The van der Waals surface area contributed by atoms with Gasteiger partial charge in [0.05, 0.1) is 19.3 Å². The maximum Gasteiger partial charge on any atom is 0.405 e. The molecule has 1 amide bonds. The van der Waals surface area contributed by atoms with Crippen LogP contribution in [0.25, 0.3) is 0 Å². The zero-order valence-electron chi connectivity index (χ0n) is 12.3. The second kappa shape index (κ2) is 8.47. The molecule has 0 unspecified atom stereocenters. The number of methoxy groups -OCH3 is 2. The van der Waals surface area contributed by atoms with Gasteiger partial charge in [0, 0.05) is 20.1 Å². The lowest BCUT2D eigenvalue weighted by Crippen LogP contribution is -2.33. The summed E-state index contributed by atoms with van der Waals surface area (Å²) in [6.07, 6.45) is -3.85. The van der Waals surface area contributed by atoms with Crippen molar-refractivity contribution in [1.82, 2.24) is 5.32 Å². The number of hydrogen-bond acceptors (Lipinski definition) is 4. The zero-order chi connectivity index (χ0) is 16.6. The molecule has 0 fully saturated rings. The van der Waals surface area contributed by atoms with Crippen molar-refractivity contribution >= 4 is 5.91 Å². The van der Waals surface area contributed by atoms with Crippen molar-refractivity contribution in [2.45, 2.75) is 12.6 Å². The number of alkyl halides is 3. The summed E-state index contributed by atoms with van der Waals surface area (Å²) in [6.45, 7) is -0.570. The summed E-state index contributed by atoms with van der Waals surface area (Å²) < 4.78 is 51.9. The van der Waals surface area contributed by atoms with Gasteiger partial charge in [0.2, 0.25) is 0 Å². The number of carbonyl (C=O) groups excluding carboxylic acids is 1. The highest BCUT2D eigenvalue weighted by molar-refractivity contribution is 5.97. The maximum atomic E-state index is 12.2. The molecule has 0 radical (unpaired) electrons. The molecule has 8 heteroatoms. The number of amides is 1. The third kappa shape index (κ3) is 5.80. The van der Waals surface area contributed by atoms with Gasteiger partial charge in [-0.25, -0.2) is 0 Å². The SMILES string of the molecule is COCCCOc1cccc(C(=O)NCC(F)(F)F)c1OC. The van der Waals surface area contributed by atoms with Crippen LogP contribution in [0.5, 0.6) is 11.5 Å². The van der Waals surface area contributed by atoms with E-state index < -0.39 is 18.6 Å². The van der Waals surface area contributed by atoms with Crippen molar-refractivity contribution in [2.24, 2.45) is 0 Å². The molecule has 0 spiro atoms. The Balaban J connectivity index is 2.80. The molecule has 0 atom stereocenters. The van der Waals surface area contributed by atoms with E-state index in [9.17, 15) is 18.0 Å². The average molecular weight is 321 g/mol. The van der Waals surface area contributed by atoms with Crippen molar-refractivity contribution < 1.29 is 32.2 Å². The molecule has 0 saturated heterocycles. The molecular formula is C14H18F3NO4. The van der Waals surface area contributed by atoms with Crippen molar-refractivity contribution in [1.29, 1.82) is 0 Å². The van der Waals surface area contributed by atoms with E-state index in [2.05, 4.69) is 0 Å². The van der Waals surface area contributed by atoms with Crippen molar-refractivity contribution in [3.63, 3.8) is 0 Å². The minimum absolute atomic E-state index is 0.0176. The lowest BCUT2D eigenvalue weighted by Gasteiger charge is -2.15. The van der Waals surface area contributed by atoms with Gasteiger partial charge in [0.25, 0.3) is 5.91 Å². The van der Waals surface area contributed by atoms with Crippen LogP contribution in [0.2, 0.25) is 0 Å². The van der Waals surface area contributed by atoms with E-state index in [1.54, 1.807) is 18.5 Å². The number of benzene rings is 1. The minimum atomic E-state index is -4.48. The van der Waals surface area contributed by atoms with Crippen LogP contribution in [0.15, 0.2) is 18.2 Å². The molecule has 0 bridgehead atoms. The number of carbonyl (C=O) groups is 1. The molecule has 0 aromatic heterocycles. The lowest BCUT2D eigenvalue weighted by atomic mass is 10.1. The lowest BCUT2D eigenvalue weighted by molar-refractivity contribution is -0.123. The number of rotatable bonds is 8. The minimum Gasteiger partial charge on any atom is -0.492 e. The molecule has 0 aliphatic heterocycles. The Bertz CT molecular complexity index is 491. The van der Waals surface area contributed by atoms with Gasteiger partial charge < -0.3 is 19.5 Å². The third-order valence-electron chi connectivity index (χ3n) is 2.63. The summed E-state index contributed by atoms with van der Waals surface area (Å²) in [4.78, 5) is 11.8. The molecule has 0 saturated carbocycles. The van der Waals surface area contributed by atoms with Crippen molar-refractivity contribution in [3.8, 4) is 11.5 Å². The van der Waals surface area contributed by atoms with Gasteiger partial charge >= 0.3 is 6.18 Å². The second-order valence-electron chi connectivity index (χ2n) is 4.33. The monoisotopic (exact) mass is 321 g/mol. The molecular weight excluding hydrogens is 303 g/mol. The van der Waals surface area contributed by atoms with E-state index in [1.165, 1.54) is 19.2 Å². The first-order valence-corrected chi connectivity index (χ1v) is 6.52. The van der Waals surface area contributed by atoms with Crippen LogP contribution >= 0.6 is 0 Å². The van der Waals surface area contributed by atoms with Crippen LogP contribution in [0.3, 0.4) is 0 Å². The number of ether oxygens (including phenoxy) is 3. The van der Waals surface area contributed by atoms with Gasteiger partial charge in [0.1, 0.15) is 6.54 Å². The molecule has 1 aromatic rings. The topological polar surface area (TPSA) is 56.8 Å². The summed E-state index contributed by atoms with van der Waals surface area (Å²) in [5, 5.41) is 1.80. The fourth-order valence-corrected chi connectivity index (χ4v) is 1.68. The van der Waals surface area contributed by atoms with Crippen LogP contribution in [-0.4, -0.2) is 46.1 Å². The predicted molar refractivity (Wildman–Crippen MR) is 73.4 cm³/mol. The third-order valence-corrected chi connectivity index (χ3v) is 2.63. The Labute approximate surface area is 126 Å². The summed E-state index contributed by atoms with van der Waals surface area (Å²) in [5.41, 5.74) is -0.0176. The summed E-state index contributed by atoms with van der Waals surface area (Å²) in [7, 11) is 2.88. The smallest absolute Gasteiger partial charge is 0.405 e. The molecule has 0 aliphatic rings. The van der Waals surface area contributed by atoms with Crippen LogP contribution in [0.4, 0.5) is 13.2 Å². The normalized spacial score (nSPS) is 11.1. The Morgan fingerprint density at radius 1 is 1.23 bits per heavy atom. The summed E-state index contributed by atoms with van der Waals surface area (Å²) in [5.74, 6) is -0.491. The Morgan fingerprint density at radius 2 is 1.95 bits per heavy atom. The van der Waals surface area contributed by atoms with Gasteiger partial charge in [-0.3, -0.25) is 4.79 Å². The Hall–Kier alpha value is -1.96. The molecule has 124 valence electrons. The summed E-state index contributed by atoms with van der Waals surface area (Å²) >= 11 is 0. The van der Waals surface area contributed by atoms with Gasteiger partial charge in [-0.2, -0.15) is 13.2 Å². The van der Waals surface area contributed by atoms with E-state index in [1.807, 2.05) is 0 Å². The van der Waals surface area contributed by atoms with Crippen LogP contribution < -0.4 is 14.8 Å². The Kier molecular flexibility index (Phi) is 6.97. The number of nitrogens with one attached hydrogen (secondary N) is 1. The van der Waals surface area contributed by atoms with Crippen LogP contribution in [-0.2, 0) is 4.74 Å². The highest BCUT2D eigenvalue weighted by Gasteiger charge is 2.28. The highest BCUT2D eigenvalue weighted by Crippen LogP contribution is 2.31. The number of hydrogen-bond donors (Lipinski definition) is 1. The first-order chi connectivity index (χ1) is 10.4. The molecule has 1 aromatic carbocycles. The van der Waals surface area contributed by atoms with E-state index in [-0.39, 0.29) is 11.3 Å². The van der Waals surface area contributed by atoms with Gasteiger partial charge in [-0.1, -0.05) is 6.07 Å². The van der Waals surface area contributed by atoms with Crippen LogP contribution in [0, 0.1) is 0 Å². The maximum absolute atomic E-state index is 12.2. The molecule has 0 aliphatic carbocycles. The van der Waals surface area contributed by atoms with Gasteiger partial charge in [-0.05, 0) is 12.1 Å². The summed E-state index contributed by atoms with van der Waals surface area (Å²) in [6, 6.07) is 4.45. The number of para-hydroxylation sites is 1. The predicted octanol–water partition coefficient (Wildman–Crippen LogP) is 2.40. The molecule has 5 nitrogen and oxygen atoms in total. The zero-order valence-corrected chi connectivity index (χ0v) is 12.3. The van der Waals surface area contributed by atoms with E-state index in [4.69, 9.17) is 14.2 Å². The van der Waals surface area contributed by atoms with E-state index >= 15 is 0 Å². The second-order valence-corrected chi connectivity index (χ2v) is 4.33. The van der Waals surface area contributed by atoms with Crippen molar-refractivity contribution in [2.75, 3.05) is 34.0 Å².